The van der Waals surface area contributed by atoms with Crippen molar-refractivity contribution in [3.05, 3.63) is 58.9 Å². The van der Waals surface area contributed by atoms with Crippen LogP contribution in [-0.2, 0) is 21.1 Å². The Morgan fingerprint density at radius 3 is 2.39 bits per heavy atom. The van der Waals surface area contributed by atoms with Gasteiger partial charge < -0.3 is 15.2 Å². The molecule has 0 bridgehead atoms. The third kappa shape index (κ3) is 7.63. The molecule has 0 radical (unpaired) electrons. The minimum absolute atomic E-state index is 0.0234. The van der Waals surface area contributed by atoms with Crippen LogP contribution in [-0.4, -0.2) is 67.6 Å². The zero-order chi connectivity index (χ0) is 31.5. The molecule has 44 heavy (non-hydrogen) atoms. The van der Waals surface area contributed by atoms with Gasteiger partial charge in [-0.25, -0.2) is 8.42 Å². The van der Waals surface area contributed by atoms with Crippen LogP contribution in [0, 0.1) is 17.8 Å². The van der Waals surface area contributed by atoms with Crippen molar-refractivity contribution in [2.24, 2.45) is 17.8 Å². The molecular formula is C32H42F3N3O5S. The molecule has 2 atom stereocenters. The Balaban J connectivity index is 1.29. The number of sulfone groups is 1. The number of carbonyl (C=O) groups excluding carboxylic acids is 1. The number of amides is 1. The van der Waals surface area contributed by atoms with Crippen molar-refractivity contribution in [1.82, 2.24) is 15.2 Å². The lowest BCUT2D eigenvalue weighted by Gasteiger charge is -2.35. The zero-order valence-electron chi connectivity index (χ0n) is 25.1. The molecule has 5 rings (SSSR count). The minimum atomic E-state index is -4.13. The van der Waals surface area contributed by atoms with Crippen LogP contribution in [0.1, 0.15) is 91.1 Å². The molecule has 12 heteroatoms. The molecule has 1 amide bonds. The number of hydrogen-bond acceptors (Lipinski definition) is 7. The topological polar surface area (TPSA) is 109 Å². The molecule has 1 saturated carbocycles. The van der Waals surface area contributed by atoms with E-state index < -0.39 is 33.9 Å². The van der Waals surface area contributed by atoms with E-state index in [0.717, 1.165) is 43.7 Å². The first-order chi connectivity index (χ1) is 21.0. The third-order valence-corrected chi connectivity index (χ3v) is 11.4. The van der Waals surface area contributed by atoms with Crippen molar-refractivity contribution in [1.29, 1.82) is 0 Å². The maximum absolute atomic E-state index is 13.3. The second kappa shape index (κ2) is 13.8. The smallest absolute Gasteiger partial charge is 0.391 e. The molecule has 242 valence electrons. The molecule has 1 aromatic carbocycles. The van der Waals surface area contributed by atoms with Crippen LogP contribution >= 0.6 is 0 Å². The number of alkyl halides is 3. The summed E-state index contributed by atoms with van der Waals surface area (Å²) in [5, 5.41) is 12.9. The van der Waals surface area contributed by atoms with Gasteiger partial charge in [0.25, 0.3) is 5.91 Å². The average Bonchev–Trinajstić information content (AvgIpc) is 3.35. The van der Waals surface area contributed by atoms with Gasteiger partial charge in [0.05, 0.1) is 46.5 Å². The van der Waals surface area contributed by atoms with E-state index in [9.17, 15) is 31.5 Å². The lowest BCUT2D eigenvalue weighted by molar-refractivity contribution is -0.184. The van der Waals surface area contributed by atoms with Gasteiger partial charge >= 0.3 is 6.18 Å². The van der Waals surface area contributed by atoms with Gasteiger partial charge in [0, 0.05) is 32.5 Å². The molecule has 2 aliphatic heterocycles. The highest BCUT2D eigenvalue weighted by atomic mass is 32.2. The van der Waals surface area contributed by atoms with Crippen molar-refractivity contribution in [3.8, 4) is 0 Å². The molecule has 0 spiro atoms. The number of hydrogen-bond donors (Lipinski definition) is 2. The number of nitrogens with one attached hydrogen (secondary N) is 1. The van der Waals surface area contributed by atoms with Gasteiger partial charge in [-0.05, 0) is 86.1 Å². The molecule has 8 nitrogen and oxygen atoms in total. The number of aromatic nitrogens is 1. The molecule has 2 aromatic rings. The Morgan fingerprint density at radius 1 is 1.09 bits per heavy atom. The zero-order valence-corrected chi connectivity index (χ0v) is 25.9. The molecule has 1 aliphatic carbocycles. The second-order valence-corrected chi connectivity index (χ2v) is 14.7. The summed E-state index contributed by atoms with van der Waals surface area (Å²) in [7, 11) is -3.37. The Kier molecular flexibility index (Phi) is 10.3. The van der Waals surface area contributed by atoms with E-state index in [-0.39, 0.29) is 42.1 Å². The average molecular weight is 638 g/mol. The lowest BCUT2D eigenvalue weighted by Crippen LogP contribution is -2.34. The summed E-state index contributed by atoms with van der Waals surface area (Å²) in [6.45, 7) is 3.92. The molecule has 2 N–H and O–H groups in total. The van der Waals surface area contributed by atoms with Crippen LogP contribution in [0.25, 0.3) is 0 Å². The normalized spacial score (nSPS) is 24.2. The number of rotatable bonds is 10. The number of aliphatic hydroxyl groups is 1. The summed E-state index contributed by atoms with van der Waals surface area (Å²) < 4.78 is 69.6. The van der Waals surface area contributed by atoms with Gasteiger partial charge in [-0.3, -0.25) is 14.7 Å². The van der Waals surface area contributed by atoms with Gasteiger partial charge in [-0.2, -0.15) is 13.2 Å². The van der Waals surface area contributed by atoms with Crippen LogP contribution in [0.2, 0.25) is 0 Å². The van der Waals surface area contributed by atoms with E-state index >= 15 is 0 Å². The van der Waals surface area contributed by atoms with E-state index in [4.69, 9.17) is 9.72 Å². The SMILES string of the molecule is CCS(=O)(=O)c1ccc([C@H](CO)NC(=O)c2cnc3c(c2)CN(CC2CCC(C(F)(F)F)CC2)[C@H]3CC2CCOCC2)cc1. The van der Waals surface area contributed by atoms with Crippen molar-refractivity contribution >= 4 is 15.7 Å². The molecule has 1 aromatic heterocycles. The number of carbonyl (C=O) groups is 1. The second-order valence-electron chi connectivity index (χ2n) is 12.4. The van der Waals surface area contributed by atoms with E-state index in [1.54, 1.807) is 25.3 Å². The maximum Gasteiger partial charge on any atom is 0.391 e. The van der Waals surface area contributed by atoms with Crippen LogP contribution < -0.4 is 5.32 Å². The Hall–Kier alpha value is -2.54. The summed E-state index contributed by atoms with van der Waals surface area (Å²) in [5.74, 6) is -0.983. The first-order valence-corrected chi connectivity index (χ1v) is 17.3. The van der Waals surface area contributed by atoms with Crippen LogP contribution in [0.5, 0.6) is 0 Å². The number of halogens is 3. The van der Waals surface area contributed by atoms with E-state index in [0.29, 0.717) is 43.0 Å². The number of fused-ring (bicyclic) bond motifs is 1. The summed E-state index contributed by atoms with van der Waals surface area (Å²) in [6, 6.07) is 7.26. The summed E-state index contributed by atoms with van der Waals surface area (Å²) in [6.07, 6.45) is 1.69. The molecule has 3 heterocycles. The van der Waals surface area contributed by atoms with Gasteiger partial charge in [0.2, 0.25) is 0 Å². The van der Waals surface area contributed by atoms with Crippen molar-refractivity contribution in [2.75, 3.05) is 32.1 Å². The minimum Gasteiger partial charge on any atom is -0.394 e. The highest BCUT2D eigenvalue weighted by Crippen LogP contribution is 2.43. The molecular weight excluding hydrogens is 595 g/mol. The van der Waals surface area contributed by atoms with Crippen molar-refractivity contribution < 1.29 is 36.2 Å². The first-order valence-electron chi connectivity index (χ1n) is 15.6. The van der Waals surface area contributed by atoms with Crippen LogP contribution in [0.15, 0.2) is 41.4 Å². The Morgan fingerprint density at radius 2 is 1.77 bits per heavy atom. The van der Waals surface area contributed by atoms with E-state index in [1.165, 1.54) is 12.1 Å². The lowest BCUT2D eigenvalue weighted by atomic mass is 9.81. The van der Waals surface area contributed by atoms with Crippen molar-refractivity contribution in [3.63, 3.8) is 0 Å². The molecule has 1 saturated heterocycles. The largest absolute Gasteiger partial charge is 0.394 e. The number of benzene rings is 1. The number of pyridine rings is 1. The fourth-order valence-corrected chi connectivity index (χ4v) is 7.76. The van der Waals surface area contributed by atoms with Crippen molar-refractivity contribution in [2.45, 2.75) is 81.6 Å². The standard InChI is InChI=1S/C32H42F3N3O5S/c1-2-44(41,42)27-9-5-23(6-10-27)28(20-39)37-31(40)24-16-25-19-38(18-22-3-7-26(8-4-22)32(33,34)35)29(30(25)36-17-24)15-21-11-13-43-14-12-21/h5-6,9-10,16-17,21-22,26,28-29,39H,2-4,7-8,11-15,18-20H2,1H3,(H,37,40)/t22?,26?,28-,29-/m0/s1. The van der Waals surface area contributed by atoms with Gasteiger partial charge in [-0.15, -0.1) is 0 Å². The highest BCUT2D eigenvalue weighted by Gasteiger charge is 2.42. The van der Waals surface area contributed by atoms with Crippen LogP contribution in [0.3, 0.4) is 0 Å². The van der Waals surface area contributed by atoms with Crippen LogP contribution in [0.4, 0.5) is 13.2 Å². The summed E-state index contributed by atoms with van der Waals surface area (Å²) in [5.41, 5.74) is 2.79. The predicted octanol–water partition coefficient (Wildman–Crippen LogP) is 5.38. The number of nitrogens with zero attached hydrogens (tertiary/aromatic N) is 2. The molecule has 0 unspecified atom stereocenters. The quantitative estimate of drug-likeness (QED) is 0.360. The van der Waals surface area contributed by atoms with E-state index in [2.05, 4.69) is 10.2 Å². The Labute approximate surface area is 257 Å². The fraction of sp³-hybridized carbons (Fsp3) is 0.625. The summed E-state index contributed by atoms with van der Waals surface area (Å²) >= 11 is 0. The predicted molar refractivity (Wildman–Crippen MR) is 159 cm³/mol. The van der Waals surface area contributed by atoms with Gasteiger partial charge in [0.1, 0.15) is 0 Å². The maximum atomic E-state index is 13.3. The van der Waals surface area contributed by atoms with Gasteiger partial charge in [0.15, 0.2) is 9.84 Å². The third-order valence-electron chi connectivity index (χ3n) is 9.60. The monoisotopic (exact) mass is 637 g/mol. The van der Waals surface area contributed by atoms with Gasteiger partial charge in [-0.1, -0.05) is 19.1 Å². The Bertz CT molecular complexity index is 1390. The summed E-state index contributed by atoms with van der Waals surface area (Å²) in [4.78, 5) is 20.6. The van der Waals surface area contributed by atoms with E-state index in [1.807, 2.05) is 6.07 Å². The first kappa shape index (κ1) is 32.8. The number of aliphatic hydroxyl groups excluding tert-OH is 1. The molecule has 3 aliphatic rings. The number of ether oxygens (including phenoxy) is 1. The molecule has 2 fully saturated rings. The highest BCUT2D eigenvalue weighted by molar-refractivity contribution is 7.91. The fourth-order valence-electron chi connectivity index (χ4n) is 6.88.